The molecule has 2 heteroatoms. The van der Waals surface area contributed by atoms with Crippen molar-refractivity contribution in [3.05, 3.63) is 0 Å². The maximum absolute atomic E-state index is 9.82. The SMILES string of the molecule is CCC(C)(C)N[C@H]1CC[C@@](C)(O)CC1. The third kappa shape index (κ3) is 3.58. The molecule has 1 aliphatic rings. The van der Waals surface area contributed by atoms with E-state index in [-0.39, 0.29) is 5.54 Å². The van der Waals surface area contributed by atoms with Crippen LogP contribution in [-0.4, -0.2) is 22.3 Å². The van der Waals surface area contributed by atoms with Crippen LogP contribution in [0.15, 0.2) is 0 Å². The van der Waals surface area contributed by atoms with Crippen molar-refractivity contribution in [1.29, 1.82) is 0 Å². The van der Waals surface area contributed by atoms with Gasteiger partial charge in [-0.3, -0.25) is 0 Å². The van der Waals surface area contributed by atoms with Crippen LogP contribution >= 0.6 is 0 Å². The van der Waals surface area contributed by atoms with E-state index in [0.717, 1.165) is 32.1 Å². The van der Waals surface area contributed by atoms with Gasteiger partial charge in [0.15, 0.2) is 0 Å². The van der Waals surface area contributed by atoms with Crippen molar-refractivity contribution in [2.75, 3.05) is 0 Å². The maximum Gasteiger partial charge on any atom is 0.0621 e. The highest BCUT2D eigenvalue weighted by molar-refractivity contribution is 4.88. The Morgan fingerprint density at radius 3 is 2.29 bits per heavy atom. The zero-order valence-corrected chi connectivity index (χ0v) is 10.1. The van der Waals surface area contributed by atoms with Crippen LogP contribution in [0.5, 0.6) is 0 Å². The lowest BCUT2D eigenvalue weighted by molar-refractivity contribution is 0.0110. The minimum absolute atomic E-state index is 0.244. The van der Waals surface area contributed by atoms with Gasteiger partial charge in [-0.1, -0.05) is 6.92 Å². The van der Waals surface area contributed by atoms with Crippen molar-refractivity contribution < 1.29 is 5.11 Å². The van der Waals surface area contributed by atoms with Gasteiger partial charge >= 0.3 is 0 Å². The summed E-state index contributed by atoms with van der Waals surface area (Å²) in [6.07, 6.45) is 5.24. The van der Waals surface area contributed by atoms with Crippen LogP contribution in [0.3, 0.4) is 0 Å². The van der Waals surface area contributed by atoms with Crippen molar-refractivity contribution in [3.63, 3.8) is 0 Å². The third-order valence-corrected chi connectivity index (χ3v) is 3.54. The second-order valence-electron chi connectivity index (χ2n) is 5.65. The first-order chi connectivity index (χ1) is 6.35. The average Bonchev–Trinajstić information content (AvgIpc) is 2.09. The lowest BCUT2D eigenvalue weighted by atomic mass is 9.82. The van der Waals surface area contributed by atoms with Crippen molar-refractivity contribution in [1.82, 2.24) is 5.32 Å². The van der Waals surface area contributed by atoms with E-state index in [9.17, 15) is 5.11 Å². The van der Waals surface area contributed by atoms with E-state index in [4.69, 9.17) is 0 Å². The smallest absolute Gasteiger partial charge is 0.0621 e. The molecule has 2 nitrogen and oxygen atoms in total. The highest BCUT2D eigenvalue weighted by atomic mass is 16.3. The third-order valence-electron chi connectivity index (χ3n) is 3.54. The van der Waals surface area contributed by atoms with Crippen LogP contribution < -0.4 is 5.32 Å². The molecule has 0 unspecified atom stereocenters. The molecule has 14 heavy (non-hydrogen) atoms. The Morgan fingerprint density at radius 1 is 1.36 bits per heavy atom. The summed E-state index contributed by atoms with van der Waals surface area (Å²) in [5, 5.41) is 13.5. The number of aliphatic hydroxyl groups is 1. The van der Waals surface area contributed by atoms with Gasteiger partial charge in [-0.25, -0.2) is 0 Å². The van der Waals surface area contributed by atoms with Gasteiger partial charge in [-0.05, 0) is 52.9 Å². The average molecular weight is 199 g/mol. The predicted molar refractivity (Wildman–Crippen MR) is 60.4 cm³/mol. The molecule has 0 amide bonds. The zero-order valence-electron chi connectivity index (χ0n) is 10.1. The Morgan fingerprint density at radius 2 is 1.86 bits per heavy atom. The number of rotatable bonds is 3. The number of nitrogens with one attached hydrogen (secondary N) is 1. The molecule has 0 aromatic carbocycles. The molecular formula is C12H25NO. The van der Waals surface area contributed by atoms with E-state index in [0.29, 0.717) is 6.04 Å². The maximum atomic E-state index is 9.82. The molecule has 1 saturated carbocycles. The summed E-state index contributed by atoms with van der Waals surface area (Å²) < 4.78 is 0. The molecule has 0 saturated heterocycles. The molecule has 84 valence electrons. The zero-order chi connectivity index (χ0) is 10.8. The van der Waals surface area contributed by atoms with Crippen molar-refractivity contribution in [3.8, 4) is 0 Å². The first kappa shape index (κ1) is 12.0. The van der Waals surface area contributed by atoms with E-state index in [1.54, 1.807) is 0 Å². The summed E-state index contributed by atoms with van der Waals surface area (Å²) in [4.78, 5) is 0. The highest BCUT2D eigenvalue weighted by Crippen LogP contribution is 2.28. The molecule has 0 aliphatic heterocycles. The lowest BCUT2D eigenvalue weighted by Gasteiger charge is -2.38. The van der Waals surface area contributed by atoms with Gasteiger partial charge in [0.1, 0.15) is 0 Å². The van der Waals surface area contributed by atoms with Crippen LogP contribution in [0.1, 0.15) is 59.8 Å². The lowest BCUT2D eigenvalue weighted by Crippen LogP contribution is -2.48. The summed E-state index contributed by atoms with van der Waals surface area (Å²) in [5.74, 6) is 0. The molecule has 0 aromatic rings. The standard InChI is InChI=1S/C12H25NO/c1-5-11(2,3)13-10-6-8-12(4,14)9-7-10/h10,13-14H,5-9H2,1-4H3/t10-,12+. The Balaban J connectivity index is 2.36. The van der Waals surface area contributed by atoms with Crippen LogP contribution in [0.25, 0.3) is 0 Å². The Bertz CT molecular complexity index is 177. The van der Waals surface area contributed by atoms with Gasteiger partial charge in [0.05, 0.1) is 5.60 Å². The molecule has 0 atom stereocenters. The fourth-order valence-corrected chi connectivity index (χ4v) is 2.04. The predicted octanol–water partition coefficient (Wildman–Crippen LogP) is 2.46. The summed E-state index contributed by atoms with van der Waals surface area (Å²) >= 11 is 0. The van der Waals surface area contributed by atoms with Gasteiger partial charge in [0.2, 0.25) is 0 Å². The Hall–Kier alpha value is -0.0800. The van der Waals surface area contributed by atoms with Gasteiger partial charge in [0.25, 0.3) is 0 Å². The minimum Gasteiger partial charge on any atom is -0.390 e. The molecule has 0 radical (unpaired) electrons. The van der Waals surface area contributed by atoms with Crippen molar-refractivity contribution in [2.24, 2.45) is 0 Å². The largest absolute Gasteiger partial charge is 0.390 e. The molecule has 1 aliphatic carbocycles. The van der Waals surface area contributed by atoms with E-state index in [1.165, 1.54) is 0 Å². The first-order valence-corrected chi connectivity index (χ1v) is 5.85. The molecule has 2 N–H and O–H groups in total. The second kappa shape index (κ2) is 4.19. The topological polar surface area (TPSA) is 32.3 Å². The molecule has 1 rings (SSSR count). The van der Waals surface area contributed by atoms with Crippen molar-refractivity contribution >= 4 is 0 Å². The van der Waals surface area contributed by atoms with Gasteiger partial charge in [-0.2, -0.15) is 0 Å². The molecular weight excluding hydrogens is 174 g/mol. The molecule has 0 bridgehead atoms. The number of hydrogen-bond acceptors (Lipinski definition) is 2. The summed E-state index contributed by atoms with van der Waals surface area (Å²) in [7, 11) is 0. The normalized spacial score (nSPS) is 34.5. The molecule has 1 fully saturated rings. The Labute approximate surface area is 88.1 Å². The summed E-state index contributed by atoms with van der Waals surface area (Å²) in [6, 6.07) is 0.602. The Kier molecular flexibility index (Phi) is 3.59. The van der Waals surface area contributed by atoms with Crippen LogP contribution in [-0.2, 0) is 0 Å². The molecule has 0 spiro atoms. The fraction of sp³-hybridized carbons (Fsp3) is 1.00. The first-order valence-electron chi connectivity index (χ1n) is 5.85. The molecule has 0 aromatic heterocycles. The highest BCUT2D eigenvalue weighted by Gasteiger charge is 2.30. The van der Waals surface area contributed by atoms with E-state index in [1.807, 2.05) is 6.92 Å². The van der Waals surface area contributed by atoms with Crippen LogP contribution in [0, 0.1) is 0 Å². The van der Waals surface area contributed by atoms with Gasteiger partial charge in [-0.15, -0.1) is 0 Å². The van der Waals surface area contributed by atoms with E-state index in [2.05, 4.69) is 26.1 Å². The van der Waals surface area contributed by atoms with Gasteiger partial charge < -0.3 is 10.4 Å². The monoisotopic (exact) mass is 199 g/mol. The number of hydrogen-bond donors (Lipinski definition) is 2. The molecule has 0 heterocycles. The van der Waals surface area contributed by atoms with E-state index < -0.39 is 5.60 Å². The fourth-order valence-electron chi connectivity index (χ4n) is 2.04. The quantitative estimate of drug-likeness (QED) is 0.732. The summed E-state index contributed by atoms with van der Waals surface area (Å²) in [6.45, 7) is 8.67. The van der Waals surface area contributed by atoms with Crippen molar-refractivity contribution in [2.45, 2.75) is 77.0 Å². The second-order valence-corrected chi connectivity index (χ2v) is 5.65. The minimum atomic E-state index is -0.408. The summed E-state index contributed by atoms with van der Waals surface area (Å²) in [5.41, 5.74) is -0.164. The van der Waals surface area contributed by atoms with Crippen LogP contribution in [0.2, 0.25) is 0 Å². The van der Waals surface area contributed by atoms with Crippen LogP contribution in [0.4, 0.5) is 0 Å². The van der Waals surface area contributed by atoms with E-state index >= 15 is 0 Å². The van der Waals surface area contributed by atoms with Gasteiger partial charge in [0, 0.05) is 11.6 Å².